The first-order valence-electron chi connectivity index (χ1n) is 5.92. The number of nitrogens with zero attached hydrogens (tertiary/aromatic N) is 1. The van der Waals surface area contributed by atoms with E-state index in [0.29, 0.717) is 11.6 Å². The van der Waals surface area contributed by atoms with E-state index in [2.05, 4.69) is 10.6 Å². The third-order valence-electron chi connectivity index (χ3n) is 2.29. The number of amides is 1. The Bertz CT molecular complexity index is 500. The average molecular weight is 278 g/mol. The van der Waals surface area contributed by atoms with E-state index in [4.69, 9.17) is 16.9 Å². The molecule has 0 saturated carbocycles. The predicted octanol–water partition coefficient (Wildman–Crippen LogP) is 2.36. The zero-order valence-corrected chi connectivity index (χ0v) is 11.7. The van der Waals surface area contributed by atoms with E-state index in [-0.39, 0.29) is 11.6 Å². The Labute approximate surface area is 118 Å². The standard InChI is InChI=1S/C14H16ClN3O/c1-10(2)17-9-12(7-16)14(19)18-8-11-3-5-13(15)6-4-11/h3-6,9-10,17H,8H2,1-2H3,(H,18,19)/b12-9-. The third-order valence-corrected chi connectivity index (χ3v) is 2.54. The van der Waals surface area contributed by atoms with E-state index >= 15 is 0 Å². The molecule has 1 amide bonds. The topological polar surface area (TPSA) is 64.9 Å². The maximum absolute atomic E-state index is 11.8. The number of hydrogen-bond donors (Lipinski definition) is 2. The highest BCUT2D eigenvalue weighted by Gasteiger charge is 2.08. The molecule has 1 rings (SSSR count). The van der Waals surface area contributed by atoms with Gasteiger partial charge in [0.2, 0.25) is 0 Å². The van der Waals surface area contributed by atoms with Crippen LogP contribution in [-0.2, 0) is 11.3 Å². The molecule has 0 aliphatic carbocycles. The molecule has 0 unspecified atom stereocenters. The fraction of sp³-hybridized carbons (Fsp3) is 0.286. The maximum atomic E-state index is 11.8. The summed E-state index contributed by atoms with van der Waals surface area (Å²) in [5.41, 5.74) is 0.981. The van der Waals surface area contributed by atoms with Crippen LogP contribution in [0.4, 0.5) is 0 Å². The molecule has 1 aromatic carbocycles. The molecule has 5 heteroatoms. The van der Waals surface area contributed by atoms with Gasteiger partial charge >= 0.3 is 0 Å². The van der Waals surface area contributed by atoms with Crippen LogP contribution in [0, 0.1) is 11.3 Å². The van der Waals surface area contributed by atoms with Crippen LogP contribution in [0.15, 0.2) is 36.0 Å². The van der Waals surface area contributed by atoms with Crippen LogP contribution in [0.25, 0.3) is 0 Å². The minimum absolute atomic E-state index is 0.0580. The van der Waals surface area contributed by atoms with Gasteiger partial charge in [-0.15, -0.1) is 0 Å². The minimum atomic E-state index is -0.398. The van der Waals surface area contributed by atoms with Crippen molar-refractivity contribution >= 4 is 17.5 Å². The Kier molecular flexibility index (Phi) is 5.91. The summed E-state index contributed by atoms with van der Waals surface area (Å²) in [6, 6.07) is 9.20. The number of rotatable bonds is 5. The van der Waals surface area contributed by atoms with Crippen molar-refractivity contribution in [3.8, 4) is 6.07 Å². The Hall–Kier alpha value is -1.99. The van der Waals surface area contributed by atoms with Crippen molar-refractivity contribution in [2.45, 2.75) is 26.4 Å². The molecule has 0 spiro atoms. The average Bonchev–Trinajstić information content (AvgIpc) is 2.38. The van der Waals surface area contributed by atoms with Crippen molar-refractivity contribution in [2.75, 3.05) is 0 Å². The lowest BCUT2D eigenvalue weighted by Crippen LogP contribution is -2.26. The quantitative estimate of drug-likeness (QED) is 0.641. The fourth-order valence-corrected chi connectivity index (χ4v) is 1.40. The van der Waals surface area contributed by atoms with Crippen molar-refractivity contribution in [2.24, 2.45) is 0 Å². The number of carbonyl (C=O) groups is 1. The predicted molar refractivity (Wildman–Crippen MR) is 75.3 cm³/mol. The highest BCUT2D eigenvalue weighted by Crippen LogP contribution is 2.09. The molecule has 0 aromatic heterocycles. The van der Waals surface area contributed by atoms with E-state index in [0.717, 1.165) is 5.56 Å². The molecule has 0 radical (unpaired) electrons. The number of halogens is 1. The lowest BCUT2D eigenvalue weighted by molar-refractivity contribution is -0.117. The van der Waals surface area contributed by atoms with Crippen LogP contribution in [0.1, 0.15) is 19.4 Å². The van der Waals surface area contributed by atoms with Crippen LogP contribution in [0.2, 0.25) is 5.02 Å². The molecule has 0 atom stereocenters. The van der Waals surface area contributed by atoms with Crippen LogP contribution in [0.3, 0.4) is 0 Å². The molecule has 0 aliphatic heterocycles. The summed E-state index contributed by atoms with van der Waals surface area (Å²) in [6.07, 6.45) is 1.43. The Balaban J connectivity index is 2.56. The van der Waals surface area contributed by atoms with Crippen LogP contribution in [0.5, 0.6) is 0 Å². The van der Waals surface area contributed by atoms with Gasteiger partial charge in [-0.05, 0) is 31.5 Å². The van der Waals surface area contributed by atoms with Gasteiger partial charge in [-0.3, -0.25) is 4.79 Å². The van der Waals surface area contributed by atoms with Crippen molar-refractivity contribution in [1.82, 2.24) is 10.6 Å². The molecular formula is C14H16ClN3O. The molecule has 0 aliphatic rings. The normalized spacial score (nSPS) is 11.0. The number of carbonyl (C=O) groups excluding carboxylic acids is 1. The largest absolute Gasteiger partial charge is 0.387 e. The van der Waals surface area contributed by atoms with E-state index in [9.17, 15) is 4.79 Å². The van der Waals surface area contributed by atoms with Crippen LogP contribution in [-0.4, -0.2) is 11.9 Å². The van der Waals surface area contributed by atoms with E-state index in [1.165, 1.54) is 6.20 Å². The van der Waals surface area contributed by atoms with Crippen molar-refractivity contribution in [3.63, 3.8) is 0 Å². The molecule has 2 N–H and O–H groups in total. The SMILES string of the molecule is CC(C)N/C=C(/C#N)C(=O)NCc1ccc(Cl)cc1. The Morgan fingerprint density at radius 2 is 2.05 bits per heavy atom. The van der Waals surface area contributed by atoms with Crippen molar-refractivity contribution in [3.05, 3.63) is 46.6 Å². The molecule has 0 heterocycles. The third kappa shape index (κ3) is 5.45. The lowest BCUT2D eigenvalue weighted by atomic mass is 10.2. The lowest BCUT2D eigenvalue weighted by Gasteiger charge is -2.07. The molecular weight excluding hydrogens is 262 g/mol. The first-order chi connectivity index (χ1) is 9.02. The highest BCUT2D eigenvalue weighted by molar-refractivity contribution is 6.30. The van der Waals surface area contributed by atoms with E-state index < -0.39 is 5.91 Å². The van der Waals surface area contributed by atoms with Crippen LogP contribution < -0.4 is 10.6 Å². The van der Waals surface area contributed by atoms with Crippen molar-refractivity contribution in [1.29, 1.82) is 5.26 Å². The zero-order chi connectivity index (χ0) is 14.3. The summed E-state index contributed by atoms with van der Waals surface area (Å²) < 4.78 is 0. The van der Waals surface area contributed by atoms with Crippen LogP contribution >= 0.6 is 11.6 Å². The number of nitriles is 1. The summed E-state index contributed by atoms with van der Waals surface area (Å²) in [5, 5.41) is 15.2. The second-order valence-corrected chi connectivity index (χ2v) is 4.74. The smallest absolute Gasteiger partial charge is 0.263 e. The van der Waals surface area contributed by atoms with Gasteiger partial charge in [0.15, 0.2) is 0 Å². The first kappa shape index (κ1) is 15.1. The Morgan fingerprint density at radius 1 is 1.42 bits per heavy atom. The summed E-state index contributed by atoms with van der Waals surface area (Å²) in [7, 11) is 0. The summed E-state index contributed by atoms with van der Waals surface area (Å²) in [4.78, 5) is 11.8. The van der Waals surface area contributed by atoms with Gasteiger partial charge in [0, 0.05) is 23.8 Å². The fourth-order valence-electron chi connectivity index (χ4n) is 1.28. The molecule has 4 nitrogen and oxygen atoms in total. The van der Waals surface area contributed by atoms with E-state index in [1.54, 1.807) is 12.1 Å². The van der Waals surface area contributed by atoms with Gasteiger partial charge in [-0.2, -0.15) is 5.26 Å². The maximum Gasteiger partial charge on any atom is 0.263 e. The second kappa shape index (κ2) is 7.45. The molecule has 100 valence electrons. The monoisotopic (exact) mass is 277 g/mol. The van der Waals surface area contributed by atoms with Crippen molar-refractivity contribution < 1.29 is 4.79 Å². The molecule has 19 heavy (non-hydrogen) atoms. The number of benzene rings is 1. The summed E-state index contributed by atoms with van der Waals surface area (Å²) in [5.74, 6) is -0.398. The summed E-state index contributed by atoms with van der Waals surface area (Å²) >= 11 is 5.77. The molecule has 0 fully saturated rings. The van der Waals surface area contributed by atoms with Gasteiger partial charge in [-0.1, -0.05) is 23.7 Å². The molecule has 0 saturated heterocycles. The summed E-state index contributed by atoms with van der Waals surface area (Å²) in [6.45, 7) is 4.21. The van der Waals surface area contributed by atoms with Gasteiger partial charge in [0.25, 0.3) is 5.91 Å². The molecule has 0 bridgehead atoms. The highest BCUT2D eigenvalue weighted by atomic mass is 35.5. The van der Waals surface area contributed by atoms with Gasteiger partial charge < -0.3 is 10.6 Å². The van der Waals surface area contributed by atoms with Gasteiger partial charge in [0.1, 0.15) is 11.6 Å². The zero-order valence-electron chi connectivity index (χ0n) is 10.9. The second-order valence-electron chi connectivity index (χ2n) is 4.30. The van der Waals surface area contributed by atoms with E-state index in [1.807, 2.05) is 32.0 Å². The van der Waals surface area contributed by atoms with Gasteiger partial charge in [0.05, 0.1) is 0 Å². The first-order valence-corrected chi connectivity index (χ1v) is 6.29. The van der Waals surface area contributed by atoms with Gasteiger partial charge in [-0.25, -0.2) is 0 Å². The number of nitrogens with one attached hydrogen (secondary N) is 2. The molecule has 1 aromatic rings. The minimum Gasteiger partial charge on any atom is -0.387 e. The Morgan fingerprint density at radius 3 is 2.58 bits per heavy atom. The number of hydrogen-bond acceptors (Lipinski definition) is 3.